The number of amidine groups is 1. The third-order valence-electron chi connectivity index (χ3n) is 4.05. The maximum atomic E-state index is 4.67. The van der Waals surface area contributed by atoms with Crippen LogP contribution in [0.15, 0.2) is 47.5 Å². The minimum absolute atomic E-state index is 0. The topological polar surface area (TPSA) is 24.4 Å². The average molecular weight is 303 g/mol. The number of nitrogens with one attached hydrogen (secondary N) is 1. The second-order valence-corrected chi connectivity index (χ2v) is 5.57. The molecular weight excluding hydrogens is 280 g/mol. The van der Waals surface area contributed by atoms with Gasteiger partial charge in [-0.1, -0.05) is 48.9 Å². The van der Waals surface area contributed by atoms with Gasteiger partial charge in [0.25, 0.3) is 0 Å². The number of aliphatic imine (C=N–C) groups is 1. The van der Waals surface area contributed by atoms with Crippen molar-refractivity contribution in [2.45, 2.75) is 38.6 Å². The molecule has 112 valence electrons. The molecule has 1 atom stereocenters. The van der Waals surface area contributed by atoms with Crippen LogP contribution in [0.2, 0.25) is 0 Å². The molecule has 1 N–H and O–H groups in total. The fourth-order valence-electron chi connectivity index (χ4n) is 2.95. The van der Waals surface area contributed by atoms with E-state index in [0.29, 0.717) is 6.04 Å². The average Bonchev–Trinajstić information content (AvgIpc) is 2.75. The molecule has 0 fully saturated rings. The van der Waals surface area contributed by atoms with Gasteiger partial charge >= 0.3 is 0 Å². The van der Waals surface area contributed by atoms with Gasteiger partial charge < -0.3 is 5.32 Å². The normalized spacial score (nSPS) is 16.5. The van der Waals surface area contributed by atoms with Gasteiger partial charge in [-0.3, -0.25) is 4.99 Å². The summed E-state index contributed by atoms with van der Waals surface area (Å²) in [5, 5.41) is 6.26. The van der Waals surface area contributed by atoms with E-state index in [-0.39, 0.29) is 12.4 Å². The molecule has 1 aliphatic heterocycles. The molecule has 2 nitrogen and oxygen atoms in total. The molecule has 1 heterocycles. The standard InChI is InChI=1S/C18H22N2.ClH/c1-14(20-18-12-3-2-6-13-19-18)16-11-7-9-15-8-4-5-10-17(15)16;/h4-5,7-11,14H,2-3,6,12-13H2,1H3,(H,19,20);1H. The molecule has 0 aliphatic carbocycles. The van der Waals surface area contributed by atoms with E-state index in [2.05, 4.69) is 59.7 Å². The van der Waals surface area contributed by atoms with Crippen molar-refractivity contribution in [3.63, 3.8) is 0 Å². The lowest BCUT2D eigenvalue weighted by molar-refractivity contribution is 0.697. The summed E-state index contributed by atoms with van der Waals surface area (Å²) in [6.07, 6.45) is 4.88. The van der Waals surface area contributed by atoms with E-state index < -0.39 is 0 Å². The van der Waals surface area contributed by atoms with Crippen molar-refractivity contribution in [2.75, 3.05) is 6.54 Å². The molecule has 1 aliphatic rings. The number of halogens is 1. The highest BCUT2D eigenvalue weighted by atomic mass is 35.5. The van der Waals surface area contributed by atoms with Gasteiger partial charge in [0.15, 0.2) is 0 Å². The van der Waals surface area contributed by atoms with E-state index in [1.54, 1.807) is 0 Å². The summed E-state index contributed by atoms with van der Waals surface area (Å²) in [7, 11) is 0. The number of nitrogens with zero attached hydrogens (tertiary/aromatic N) is 1. The van der Waals surface area contributed by atoms with E-state index in [1.165, 1.54) is 41.4 Å². The van der Waals surface area contributed by atoms with E-state index in [4.69, 9.17) is 0 Å². The zero-order valence-electron chi connectivity index (χ0n) is 12.5. The van der Waals surface area contributed by atoms with Crippen LogP contribution in [0.1, 0.15) is 44.2 Å². The van der Waals surface area contributed by atoms with E-state index in [0.717, 1.165) is 13.0 Å². The molecule has 0 spiro atoms. The Morgan fingerprint density at radius 1 is 1.00 bits per heavy atom. The Morgan fingerprint density at radius 3 is 2.71 bits per heavy atom. The minimum atomic E-state index is 0. The van der Waals surface area contributed by atoms with Crippen molar-refractivity contribution >= 4 is 29.0 Å². The van der Waals surface area contributed by atoms with Crippen molar-refractivity contribution in [3.05, 3.63) is 48.0 Å². The Hall–Kier alpha value is -1.54. The Balaban J connectivity index is 0.00000161. The zero-order chi connectivity index (χ0) is 13.8. The number of hydrogen-bond acceptors (Lipinski definition) is 2. The van der Waals surface area contributed by atoms with Crippen LogP contribution < -0.4 is 5.32 Å². The third-order valence-corrected chi connectivity index (χ3v) is 4.05. The summed E-state index contributed by atoms with van der Waals surface area (Å²) in [5.74, 6) is 1.18. The summed E-state index contributed by atoms with van der Waals surface area (Å²) in [6, 6.07) is 15.4. The summed E-state index contributed by atoms with van der Waals surface area (Å²) in [4.78, 5) is 4.67. The smallest absolute Gasteiger partial charge is 0.0967 e. The first kappa shape index (κ1) is 15.8. The van der Waals surface area contributed by atoms with Gasteiger partial charge in [0.1, 0.15) is 0 Å². The maximum absolute atomic E-state index is 4.67. The molecule has 3 heteroatoms. The Bertz CT molecular complexity index is 616. The Labute approximate surface area is 133 Å². The highest BCUT2D eigenvalue weighted by Crippen LogP contribution is 2.24. The van der Waals surface area contributed by atoms with Crippen LogP contribution in [-0.2, 0) is 0 Å². The van der Waals surface area contributed by atoms with Crippen molar-refractivity contribution in [2.24, 2.45) is 4.99 Å². The molecule has 2 aromatic carbocycles. The predicted octanol–water partition coefficient (Wildman–Crippen LogP) is 4.88. The van der Waals surface area contributed by atoms with Gasteiger partial charge in [-0.05, 0) is 36.1 Å². The lowest BCUT2D eigenvalue weighted by Crippen LogP contribution is -2.26. The van der Waals surface area contributed by atoms with Crippen LogP contribution in [0.4, 0.5) is 0 Å². The monoisotopic (exact) mass is 302 g/mol. The summed E-state index contributed by atoms with van der Waals surface area (Å²) >= 11 is 0. The van der Waals surface area contributed by atoms with Gasteiger partial charge in [0.2, 0.25) is 0 Å². The second-order valence-electron chi connectivity index (χ2n) is 5.57. The molecule has 0 bridgehead atoms. The van der Waals surface area contributed by atoms with Crippen LogP contribution >= 0.6 is 12.4 Å². The molecule has 0 radical (unpaired) electrons. The van der Waals surface area contributed by atoms with Crippen molar-refractivity contribution in [3.8, 4) is 0 Å². The number of hydrogen-bond donors (Lipinski definition) is 1. The molecule has 3 rings (SSSR count). The van der Waals surface area contributed by atoms with Gasteiger partial charge in [0, 0.05) is 13.0 Å². The quantitative estimate of drug-likeness (QED) is 0.839. The molecule has 21 heavy (non-hydrogen) atoms. The van der Waals surface area contributed by atoms with E-state index in [9.17, 15) is 0 Å². The van der Waals surface area contributed by atoms with Gasteiger partial charge in [0.05, 0.1) is 11.9 Å². The third kappa shape index (κ3) is 3.76. The van der Waals surface area contributed by atoms with Crippen LogP contribution in [-0.4, -0.2) is 12.4 Å². The molecular formula is C18H23ClN2. The van der Waals surface area contributed by atoms with E-state index >= 15 is 0 Å². The number of fused-ring (bicyclic) bond motifs is 1. The highest BCUT2D eigenvalue weighted by Gasteiger charge is 2.12. The van der Waals surface area contributed by atoms with Gasteiger partial charge in [-0.25, -0.2) is 0 Å². The summed E-state index contributed by atoms with van der Waals surface area (Å²) in [6.45, 7) is 3.21. The highest BCUT2D eigenvalue weighted by molar-refractivity contribution is 5.87. The van der Waals surface area contributed by atoms with E-state index in [1.807, 2.05) is 0 Å². The van der Waals surface area contributed by atoms with Crippen LogP contribution in [0, 0.1) is 0 Å². The predicted molar refractivity (Wildman–Crippen MR) is 93.5 cm³/mol. The molecule has 0 saturated heterocycles. The van der Waals surface area contributed by atoms with Gasteiger partial charge in [-0.2, -0.15) is 0 Å². The first-order valence-corrected chi connectivity index (χ1v) is 7.62. The SMILES string of the molecule is CC(NC1=NCCCCC1)c1cccc2ccccc12.Cl. The lowest BCUT2D eigenvalue weighted by atomic mass is 9.99. The minimum Gasteiger partial charge on any atom is -0.367 e. The van der Waals surface area contributed by atoms with Crippen molar-refractivity contribution < 1.29 is 0 Å². The van der Waals surface area contributed by atoms with Crippen LogP contribution in [0.3, 0.4) is 0 Å². The van der Waals surface area contributed by atoms with Gasteiger partial charge in [-0.15, -0.1) is 12.4 Å². The molecule has 2 aromatic rings. The maximum Gasteiger partial charge on any atom is 0.0967 e. The second kappa shape index (κ2) is 7.46. The fraction of sp³-hybridized carbons (Fsp3) is 0.389. The van der Waals surface area contributed by atoms with Crippen LogP contribution in [0.5, 0.6) is 0 Å². The Kier molecular flexibility index (Phi) is 5.63. The number of benzene rings is 2. The first-order chi connectivity index (χ1) is 9.84. The zero-order valence-corrected chi connectivity index (χ0v) is 13.3. The Morgan fingerprint density at radius 2 is 1.81 bits per heavy atom. The number of rotatable bonds is 2. The van der Waals surface area contributed by atoms with Crippen molar-refractivity contribution in [1.29, 1.82) is 0 Å². The molecule has 0 aromatic heterocycles. The fourth-order valence-corrected chi connectivity index (χ4v) is 2.95. The van der Waals surface area contributed by atoms with Crippen LogP contribution in [0.25, 0.3) is 10.8 Å². The van der Waals surface area contributed by atoms with Crippen molar-refractivity contribution in [1.82, 2.24) is 5.32 Å². The molecule has 0 saturated carbocycles. The summed E-state index contributed by atoms with van der Waals surface area (Å²) in [5.41, 5.74) is 1.36. The largest absolute Gasteiger partial charge is 0.367 e. The summed E-state index contributed by atoms with van der Waals surface area (Å²) < 4.78 is 0. The molecule has 0 amide bonds. The molecule has 1 unspecified atom stereocenters. The first-order valence-electron chi connectivity index (χ1n) is 7.62. The lowest BCUT2D eigenvalue weighted by Gasteiger charge is -2.18.